The summed E-state index contributed by atoms with van der Waals surface area (Å²) in [6.07, 6.45) is 8.25. The topological polar surface area (TPSA) is 66.2 Å². The van der Waals surface area contributed by atoms with Gasteiger partial charge in [0.1, 0.15) is 19.0 Å². The van der Waals surface area contributed by atoms with Crippen LogP contribution < -0.4 is 15.0 Å². The zero-order chi connectivity index (χ0) is 24.6. The van der Waals surface area contributed by atoms with Crippen LogP contribution in [0.3, 0.4) is 0 Å². The van der Waals surface area contributed by atoms with Gasteiger partial charge in [0.25, 0.3) is 5.56 Å². The van der Waals surface area contributed by atoms with Crippen molar-refractivity contribution in [1.29, 1.82) is 0 Å². The van der Waals surface area contributed by atoms with E-state index in [1.54, 1.807) is 16.8 Å². The molecule has 2 atom stereocenters. The third-order valence-corrected chi connectivity index (χ3v) is 7.67. The number of nitrogens with zero attached hydrogens (tertiary/aromatic N) is 4. The van der Waals surface area contributed by atoms with Gasteiger partial charge in [0.05, 0.1) is 60.3 Å². The van der Waals surface area contributed by atoms with E-state index >= 15 is 0 Å². The lowest BCUT2D eigenvalue weighted by Gasteiger charge is -2.56. The molecular formula is C27H33FN4O3+. The fourth-order valence-corrected chi connectivity index (χ4v) is 5.77. The molecule has 35 heavy (non-hydrogen) atoms. The minimum atomic E-state index is -0.367. The number of pyridine rings is 1. The second-order valence-corrected chi connectivity index (χ2v) is 10.5. The molecule has 2 aromatic heterocycles. The molecule has 2 unspecified atom stereocenters. The van der Waals surface area contributed by atoms with E-state index in [1.165, 1.54) is 18.3 Å². The molecule has 1 aromatic carbocycles. The SMILES string of the molecule is CC(C)(C)[N+]1(CCn2c(=O)cnc3ccc(F)cc32)CC[CH]CC1Cc1cc2c(cn1)OCCO2. The first-order valence-electron chi connectivity index (χ1n) is 12.3. The summed E-state index contributed by atoms with van der Waals surface area (Å²) in [4.78, 5) is 21.7. The normalized spacial score (nSPS) is 22.3. The van der Waals surface area contributed by atoms with Gasteiger partial charge in [0, 0.05) is 18.9 Å². The number of aromatic nitrogens is 3. The molecule has 0 bridgehead atoms. The Morgan fingerprint density at radius 3 is 2.71 bits per heavy atom. The predicted octanol–water partition coefficient (Wildman–Crippen LogP) is 3.93. The quantitative estimate of drug-likeness (QED) is 0.518. The van der Waals surface area contributed by atoms with Crippen molar-refractivity contribution in [2.75, 3.05) is 26.3 Å². The van der Waals surface area contributed by atoms with Crippen molar-refractivity contribution in [2.45, 2.75) is 58.2 Å². The fourth-order valence-electron chi connectivity index (χ4n) is 5.77. The second-order valence-electron chi connectivity index (χ2n) is 10.5. The molecule has 2 aliphatic heterocycles. The van der Waals surface area contributed by atoms with Gasteiger partial charge in [-0.05, 0) is 51.8 Å². The molecule has 0 N–H and O–H groups in total. The Morgan fingerprint density at radius 1 is 1.11 bits per heavy atom. The van der Waals surface area contributed by atoms with Gasteiger partial charge in [0.2, 0.25) is 0 Å². The van der Waals surface area contributed by atoms with Gasteiger partial charge in [-0.1, -0.05) is 0 Å². The zero-order valence-corrected chi connectivity index (χ0v) is 20.7. The summed E-state index contributed by atoms with van der Waals surface area (Å²) in [6.45, 7) is 10.1. The Bertz CT molecular complexity index is 1290. The smallest absolute Gasteiger partial charge is 0.269 e. The highest BCUT2D eigenvalue weighted by molar-refractivity contribution is 5.74. The Kier molecular flexibility index (Phi) is 6.25. The number of halogens is 1. The molecule has 0 amide bonds. The first kappa shape index (κ1) is 23.7. The third-order valence-electron chi connectivity index (χ3n) is 7.67. The molecule has 7 nitrogen and oxygen atoms in total. The van der Waals surface area contributed by atoms with E-state index in [9.17, 15) is 9.18 Å². The van der Waals surface area contributed by atoms with E-state index in [4.69, 9.17) is 9.47 Å². The van der Waals surface area contributed by atoms with Gasteiger partial charge < -0.3 is 14.0 Å². The molecule has 0 aliphatic carbocycles. The van der Waals surface area contributed by atoms with Crippen molar-refractivity contribution in [3.05, 3.63) is 64.9 Å². The van der Waals surface area contributed by atoms with Gasteiger partial charge in [-0.3, -0.25) is 14.3 Å². The second kappa shape index (κ2) is 9.22. The monoisotopic (exact) mass is 480 g/mol. The number of piperidine rings is 1. The molecule has 0 spiro atoms. The Morgan fingerprint density at radius 2 is 1.91 bits per heavy atom. The highest BCUT2D eigenvalue weighted by Crippen LogP contribution is 2.38. The molecule has 8 heteroatoms. The zero-order valence-electron chi connectivity index (χ0n) is 20.7. The van der Waals surface area contributed by atoms with E-state index in [-0.39, 0.29) is 16.9 Å². The molecule has 1 fully saturated rings. The summed E-state index contributed by atoms with van der Waals surface area (Å²) in [5, 5.41) is 0. The Balaban J connectivity index is 1.47. The Labute approximate surface area is 205 Å². The van der Waals surface area contributed by atoms with Crippen molar-refractivity contribution < 1.29 is 18.3 Å². The van der Waals surface area contributed by atoms with E-state index < -0.39 is 0 Å². The Hall–Kier alpha value is -3.00. The molecular weight excluding hydrogens is 447 g/mol. The van der Waals surface area contributed by atoms with Gasteiger partial charge in [0.15, 0.2) is 11.5 Å². The number of hydrogen-bond donors (Lipinski definition) is 0. The standard InChI is InChI=1S/C27H33FN4O3/c1-27(2,3)32(11-9-31-23-14-19(28)7-8-22(23)30-18-26(31)33)10-5-4-6-21(32)15-20-16-24-25(17-29-20)35-13-12-34-24/h4,7-8,14,16-18,21H,5-6,9-13,15H2,1-3H3/q+1. The maximum Gasteiger partial charge on any atom is 0.269 e. The average molecular weight is 481 g/mol. The van der Waals surface area contributed by atoms with Crippen molar-refractivity contribution in [3.8, 4) is 11.5 Å². The lowest BCUT2D eigenvalue weighted by atomic mass is 9.86. The number of quaternary nitrogens is 1. The van der Waals surface area contributed by atoms with Crippen molar-refractivity contribution in [3.63, 3.8) is 0 Å². The maximum absolute atomic E-state index is 14.1. The molecule has 3 aromatic rings. The number of ether oxygens (including phenoxy) is 2. The van der Waals surface area contributed by atoms with Crippen LogP contribution in [0.25, 0.3) is 11.0 Å². The van der Waals surface area contributed by atoms with Crippen LogP contribution in [0.2, 0.25) is 0 Å². The van der Waals surface area contributed by atoms with Gasteiger partial charge >= 0.3 is 0 Å². The van der Waals surface area contributed by atoms with Crippen LogP contribution in [0.15, 0.2) is 41.5 Å². The number of rotatable bonds is 5. The summed E-state index contributed by atoms with van der Waals surface area (Å²) in [5.74, 6) is 1.09. The molecule has 5 rings (SSSR count). The summed E-state index contributed by atoms with van der Waals surface area (Å²) in [5.41, 5.74) is 1.87. The number of likely N-dealkylation sites (tertiary alicyclic amines) is 1. The summed E-state index contributed by atoms with van der Waals surface area (Å²) < 4.78 is 28.0. The van der Waals surface area contributed by atoms with Crippen LogP contribution in [0, 0.1) is 12.2 Å². The van der Waals surface area contributed by atoms with Crippen molar-refractivity contribution in [1.82, 2.24) is 14.5 Å². The van der Waals surface area contributed by atoms with Gasteiger partial charge in [-0.2, -0.15) is 0 Å². The molecule has 1 radical (unpaired) electrons. The van der Waals surface area contributed by atoms with Crippen molar-refractivity contribution in [2.24, 2.45) is 0 Å². The highest BCUT2D eigenvalue weighted by Gasteiger charge is 2.48. The number of fused-ring (bicyclic) bond motifs is 2. The van der Waals surface area contributed by atoms with Crippen LogP contribution in [0.4, 0.5) is 4.39 Å². The lowest BCUT2D eigenvalue weighted by molar-refractivity contribution is -0.995. The van der Waals surface area contributed by atoms with Crippen LogP contribution in [0.5, 0.6) is 11.5 Å². The average Bonchev–Trinajstić information content (AvgIpc) is 2.83. The van der Waals surface area contributed by atoms with E-state index in [0.717, 1.165) is 48.3 Å². The van der Waals surface area contributed by atoms with Gasteiger partial charge in [-0.15, -0.1) is 0 Å². The molecule has 185 valence electrons. The molecule has 0 saturated carbocycles. The lowest BCUT2D eigenvalue weighted by Crippen LogP contribution is -2.69. The van der Waals surface area contributed by atoms with Crippen molar-refractivity contribution >= 4 is 11.0 Å². The number of benzene rings is 1. The first-order valence-corrected chi connectivity index (χ1v) is 12.3. The van der Waals surface area contributed by atoms with Crippen LogP contribution >= 0.6 is 0 Å². The van der Waals surface area contributed by atoms with Crippen LogP contribution in [0.1, 0.15) is 39.3 Å². The predicted molar refractivity (Wildman–Crippen MR) is 132 cm³/mol. The fraction of sp³-hybridized carbons (Fsp3) is 0.481. The largest absolute Gasteiger partial charge is 0.486 e. The maximum atomic E-state index is 14.1. The third kappa shape index (κ3) is 4.51. The summed E-state index contributed by atoms with van der Waals surface area (Å²) in [7, 11) is 0. The first-order chi connectivity index (χ1) is 16.8. The molecule has 2 aliphatic rings. The molecule has 4 heterocycles. The van der Waals surface area contributed by atoms with Crippen LogP contribution in [-0.2, 0) is 13.0 Å². The minimum Gasteiger partial charge on any atom is -0.486 e. The molecule has 1 saturated heterocycles. The van der Waals surface area contributed by atoms with Crippen LogP contribution in [-0.4, -0.2) is 56.9 Å². The van der Waals surface area contributed by atoms with E-state index in [1.807, 2.05) is 6.07 Å². The summed E-state index contributed by atoms with van der Waals surface area (Å²) >= 11 is 0. The van der Waals surface area contributed by atoms with Gasteiger partial charge in [-0.25, -0.2) is 9.37 Å². The highest BCUT2D eigenvalue weighted by atomic mass is 19.1. The van der Waals surface area contributed by atoms with E-state index in [2.05, 4.69) is 37.2 Å². The summed E-state index contributed by atoms with van der Waals surface area (Å²) in [6, 6.07) is 6.71. The van der Waals surface area contributed by atoms with E-state index in [0.29, 0.717) is 42.6 Å². The minimum absolute atomic E-state index is 0.0650. The number of hydrogen-bond acceptors (Lipinski definition) is 5.